The van der Waals surface area contributed by atoms with Gasteiger partial charge in [0.05, 0.1) is 0 Å². The summed E-state index contributed by atoms with van der Waals surface area (Å²) in [7, 11) is 0. The summed E-state index contributed by atoms with van der Waals surface area (Å²) >= 11 is 1.85. The third-order valence-corrected chi connectivity index (χ3v) is 3.98. The summed E-state index contributed by atoms with van der Waals surface area (Å²) in [5, 5.41) is 5.66. The quantitative estimate of drug-likeness (QED) is 0.709. The van der Waals surface area contributed by atoms with E-state index in [1.165, 1.54) is 29.7 Å². The molecule has 0 aliphatic heterocycles. The Labute approximate surface area is 114 Å². The van der Waals surface area contributed by atoms with Crippen molar-refractivity contribution in [2.45, 2.75) is 25.7 Å². The van der Waals surface area contributed by atoms with E-state index in [1.54, 1.807) is 0 Å². The Morgan fingerprint density at radius 3 is 2.50 bits per heavy atom. The molecular weight excluding hydrogens is 238 g/mol. The van der Waals surface area contributed by atoms with Gasteiger partial charge < -0.3 is 5.32 Å². The lowest BCUT2D eigenvalue weighted by Crippen LogP contribution is -2.18. The zero-order valence-corrected chi connectivity index (χ0v) is 11.6. The molecule has 0 amide bonds. The van der Waals surface area contributed by atoms with Gasteiger partial charge >= 0.3 is 0 Å². The van der Waals surface area contributed by atoms with Gasteiger partial charge in [0.1, 0.15) is 0 Å². The Morgan fingerprint density at radius 2 is 1.72 bits per heavy atom. The number of aryl methyl sites for hydroxylation is 1. The first-order chi connectivity index (χ1) is 8.95. The number of unbranched alkanes of at least 4 members (excludes halogenated alkanes) is 1. The lowest BCUT2D eigenvalue weighted by Gasteiger charge is -2.04. The molecule has 1 aromatic carbocycles. The van der Waals surface area contributed by atoms with Gasteiger partial charge in [-0.2, -0.15) is 0 Å². The van der Waals surface area contributed by atoms with Gasteiger partial charge in [0.2, 0.25) is 0 Å². The van der Waals surface area contributed by atoms with Gasteiger partial charge in [0.25, 0.3) is 0 Å². The van der Waals surface area contributed by atoms with Crippen molar-refractivity contribution < 1.29 is 0 Å². The zero-order valence-electron chi connectivity index (χ0n) is 10.8. The van der Waals surface area contributed by atoms with Gasteiger partial charge in [-0.05, 0) is 55.8 Å². The largest absolute Gasteiger partial charge is 0.316 e. The highest BCUT2D eigenvalue weighted by atomic mass is 32.1. The Kier molecular flexibility index (Phi) is 5.97. The van der Waals surface area contributed by atoms with Crippen molar-refractivity contribution in [1.29, 1.82) is 0 Å². The second-order valence-corrected chi connectivity index (χ2v) is 5.55. The van der Waals surface area contributed by atoms with Crippen LogP contribution in [-0.2, 0) is 12.8 Å². The monoisotopic (exact) mass is 259 g/mol. The molecular formula is C16H21NS. The summed E-state index contributed by atoms with van der Waals surface area (Å²) in [6, 6.07) is 15.1. The van der Waals surface area contributed by atoms with E-state index in [9.17, 15) is 0 Å². The number of benzene rings is 1. The maximum absolute atomic E-state index is 3.52. The van der Waals surface area contributed by atoms with E-state index >= 15 is 0 Å². The second-order valence-electron chi connectivity index (χ2n) is 4.52. The fourth-order valence-corrected chi connectivity index (χ4v) is 2.72. The van der Waals surface area contributed by atoms with Crippen LogP contribution in [0.1, 0.15) is 23.3 Å². The van der Waals surface area contributed by atoms with E-state index in [2.05, 4.69) is 53.2 Å². The number of nitrogens with one attached hydrogen (secondary N) is 1. The molecule has 96 valence electrons. The molecule has 1 aromatic heterocycles. The molecule has 18 heavy (non-hydrogen) atoms. The summed E-state index contributed by atoms with van der Waals surface area (Å²) in [5.41, 5.74) is 1.45. The molecule has 0 bridgehead atoms. The Morgan fingerprint density at radius 1 is 0.833 bits per heavy atom. The van der Waals surface area contributed by atoms with Crippen LogP contribution in [0.15, 0.2) is 47.8 Å². The van der Waals surface area contributed by atoms with Crippen LogP contribution in [0.25, 0.3) is 0 Å². The minimum absolute atomic E-state index is 1.10. The predicted molar refractivity (Wildman–Crippen MR) is 80.3 cm³/mol. The summed E-state index contributed by atoms with van der Waals surface area (Å²) < 4.78 is 0. The highest BCUT2D eigenvalue weighted by Gasteiger charge is 1.94. The minimum atomic E-state index is 1.10. The Bertz CT molecular complexity index is 408. The van der Waals surface area contributed by atoms with Gasteiger partial charge in [-0.1, -0.05) is 36.4 Å². The van der Waals surface area contributed by atoms with Crippen molar-refractivity contribution in [1.82, 2.24) is 5.32 Å². The highest BCUT2D eigenvalue weighted by Crippen LogP contribution is 2.08. The average molecular weight is 259 g/mol. The molecule has 2 rings (SSSR count). The molecule has 0 unspecified atom stereocenters. The summed E-state index contributed by atoms with van der Waals surface area (Å²) in [5.74, 6) is 0. The maximum atomic E-state index is 3.52. The van der Waals surface area contributed by atoms with Crippen LogP contribution < -0.4 is 5.32 Å². The van der Waals surface area contributed by atoms with E-state index < -0.39 is 0 Å². The highest BCUT2D eigenvalue weighted by molar-refractivity contribution is 7.09. The first-order valence-corrected chi connectivity index (χ1v) is 7.60. The minimum Gasteiger partial charge on any atom is -0.316 e. The smallest absolute Gasteiger partial charge is 0.00578 e. The number of hydrogen-bond acceptors (Lipinski definition) is 2. The standard InChI is InChI=1S/C16H21NS/c1-2-7-15(8-3-1)9-4-5-12-17-13-11-16-10-6-14-18-16/h1-3,6-8,10,14,17H,4-5,9,11-13H2. The van der Waals surface area contributed by atoms with Crippen LogP contribution in [0.3, 0.4) is 0 Å². The predicted octanol–water partition coefficient (Wildman–Crippen LogP) is 3.90. The van der Waals surface area contributed by atoms with Crippen molar-refractivity contribution in [3.63, 3.8) is 0 Å². The van der Waals surface area contributed by atoms with Crippen molar-refractivity contribution in [2.75, 3.05) is 13.1 Å². The molecule has 2 aromatic rings. The van der Waals surface area contributed by atoms with Crippen LogP contribution in [0.4, 0.5) is 0 Å². The van der Waals surface area contributed by atoms with Crippen LogP contribution >= 0.6 is 11.3 Å². The first-order valence-electron chi connectivity index (χ1n) is 6.72. The van der Waals surface area contributed by atoms with Crippen molar-refractivity contribution >= 4 is 11.3 Å². The van der Waals surface area contributed by atoms with Crippen molar-refractivity contribution in [3.8, 4) is 0 Å². The Hall–Kier alpha value is -1.12. The molecule has 0 radical (unpaired) electrons. The van der Waals surface area contributed by atoms with E-state index in [-0.39, 0.29) is 0 Å². The molecule has 0 aliphatic rings. The Balaban J connectivity index is 1.47. The molecule has 1 heterocycles. The lowest BCUT2D eigenvalue weighted by atomic mass is 10.1. The lowest BCUT2D eigenvalue weighted by molar-refractivity contribution is 0.624. The number of rotatable bonds is 8. The van der Waals surface area contributed by atoms with Crippen LogP contribution in [0, 0.1) is 0 Å². The van der Waals surface area contributed by atoms with Gasteiger partial charge in [-0.15, -0.1) is 11.3 Å². The normalized spacial score (nSPS) is 10.7. The number of hydrogen-bond donors (Lipinski definition) is 1. The number of thiophene rings is 1. The third-order valence-electron chi connectivity index (χ3n) is 3.04. The zero-order chi connectivity index (χ0) is 12.5. The first kappa shape index (κ1) is 13.3. The van der Waals surface area contributed by atoms with Gasteiger partial charge in [0, 0.05) is 4.88 Å². The third kappa shape index (κ3) is 5.03. The molecule has 0 saturated carbocycles. The van der Waals surface area contributed by atoms with Crippen LogP contribution in [0.2, 0.25) is 0 Å². The molecule has 2 heteroatoms. The van der Waals surface area contributed by atoms with Crippen LogP contribution in [-0.4, -0.2) is 13.1 Å². The van der Waals surface area contributed by atoms with Crippen molar-refractivity contribution in [3.05, 3.63) is 58.3 Å². The van der Waals surface area contributed by atoms with E-state index in [0.717, 1.165) is 19.5 Å². The molecule has 0 aliphatic carbocycles. The summed E-state index contributed by atoms with van der Waals surface area (Å²) in [6.07, 6.45) is 4.90. The second kappa shape index (κ2) is 8.06. The molecule has 0 spiro atoms. The summed E-state index contributed by atoms with van der Waals surface area (Å²) in [4.78, 5) is 1.48. The molecule has 0 atom stereocenters. The average Bonchev–Trinajstić information content (AvgIpc) is 2.92. The van der Waals surface area contributed by atoms with Gasteiger partial charge in [-0.3, -0.25) is 0 Å². The molecule has 0 saturated heterocycles. The van der Waals surface area contributed by atoms with E-state index in [4.69, 9.17) is 0 Å². The summed E-state index contributed by atoms with van der Waals surface area (Å²) in [6.45, 7) is 2.24. The van der Waals surface area contributed by atoms with Gasteiger partial charge in [-0.25, -0.2) is 0 Å². The van der Waals surface area contributed by atoms with Gasteiger partial charge in [0.15, 0.2) is 0 Å². The van der Waals surface area contributed by atoms with Crippen LogP contribution in [0.5, 0.6) is 0 Å². The SMILES string of the molecule is c1ccc(CCCCNCCc2cccs2)cc1. The van der Waals surface area contributed by atoms with Crippen molar-refractivity contribution in [2.24, 2.45) is 0 Å². The maximum Gasteiger partial charge on any atom is 0.00578 e. The fourth-order valence-electron chi connectivity index (χ4n) is 2.02. The molecule has 1 N–H and O–H groups in total. The van der Waals surface area contributed by atoms with E-state index in [0.29, 0.717) is 0 Å². The topological polar surface area (TPSA) is 12.0 Å². The molecule has 0 fully saturated rings. The van der Waals surface area contributed by atoms with E-state index in [1.807, 2.05) is 11.3 Å². The molecule has 1 nitrogen and oxygen atoms in total. The fraction of sp³-hybridized carbons (Fsp3) is 0.375.